The normalized spacial score (nSPS) is 17.9. The van der Waals surface area contributed by atoms with Gasteiger partial charge in [-0.2, -0.15) is 11.8 Å². The highest BCUT2D eigenvalue weighted by Crippen LogP contribution is 2.38. The molecule has 0 saturated heterocycles. The minimum absolute atomic E-state index is 0.00161. The Morgan fingerprint density at radius 1 is 1.38 bits per heavy atom. The van der Waals surface area contributed by atoms with Gasteiger partial charge in [0.1, 0.15) is 0 Å². The molecule has 1 aliphatic carbocycles. The molecule has 21 heavy (non-hydrogen) atoms. The second kappa shape index (κ2) is 7.34. The number of anilines is 1. The first-order valence-corrected chi connectivity index (χ1v) is 9.13. The van der Waals surface area contributed by atoms with Crippen molar-refractivity contribution in [1.82, 2.24) is 9.55 Å². The zero-order valence-corrected chi connectivity index (χ0v) is 14.2. The summed E-state index contributed by atoms with van der Waals surface area (Å²) in [5, 5.41) is 3.32. The van der Waals surface area contributed by atoms with Crippen LogP contribution in [0.4, 0.5) is 5.82 Å². The average Bonchev–Trinajstić information content (AvgIpc) is 2.49. The molecular formula is C16H27N3OS. The predicted molar refractivity (Wildman–Crippen MR) is 91.2 cm³/mol. The molecular weight excluding hydrogens is 282 g/mol. The second-order valence-corrected chi connectivity index (χ2v) is 7.70. The zero-order chi connectivity index (χ0) is 15.3. The van der Waals surface area contributed by atoms with Gasteiger partial charge in [-0.3, -0.25) is 4.79 Å². The van der Waals surface area contributed by atoms with Gasteiger partial charge in [-0.15, -0.1) is 0 Å². The Morgan fingerprint density at radius 3 is 2.71 bits per heavy atom. The Morgan fingerprint density at radius 2 is 2.10 bits per heavy atom. The van der Waals surface area contributed by atoms with Gasteiger partial charge in [0.2, 0.25) is 0 Å². The highest BCUT2D eigenvalue weighted by Gasteiger charge is 2.31. The summed E-state index contributed by atoms with van der Waals surface area (Å²) in [5.41, 5.74) is -0.00161. The van der Waals surface area contributed by atoms with Crippen LogP contribution in [0, 0.1) is 5.92 Å². The third-order valence-corrected chi connectivity index (χ3v) is 5.67. The standard InChI is InChI=1S/C16H27N3OS/c1-13(2)11-19-10-9-17-14(15(19)20)18-12-16(21-3)7-5-4-6-8-16/h9-10,13H,4-8,11-12H2,1-3H3,(H,17,18). The van der Waals surface area contributed by atoms with Gasteiger partial charge in [0.15, 0.2) is 5.82 Å². The van der Waals surface area contributed by atoms with Crippen LogP contribution >= 0.6 is 11.8 Å². The molecule has 1 fully saturated rings. The van der Waals surface area contributed by atoms with Crippen LogP contribution in [0.2, 0.25) is 0 Å². The summed E-state index contributed by atoms with van der Waals surface area (Å²) in [6.07, 6.45) is 12.1. The molecule has 5 heteroatoms. The Hall–Kier alpha value is -0.970. The van der Waals surface area contributed by atoms with E-state index in [-0.39, 0.29) is 10.3 Å². The molecule has 0 spiro atoms. The fourth-order valence-electron chi connectivity index (χ4n) is 3.00. The lowest BCUT2D eigenvalue weighted by molar-refractivity contribution is 0.411. The van der Waals surface area contributed by atoms with Crippen LogP contribution in [0.5, 0.6) is 0 Å². The largest absolute Gasteiger partial charge is 0.364 e. The predicted octanol–water partition coefficient (Wildman–Crippen LogP) is 3.38. The van der Waals surface area contributed by atoms with Crippen molar-refractivity contribution >= 4 is 17.6 Å². The maximum Gasteiger partial charge on any atom is 0.293 e. The summed E-state index contributed by atoms with van der Waals surface area (Å²) in [6, 6.07) is 0. The number of nitrogens with zero attached hydrogens (tertiary/aromatic N) is 2. The van der Waals surface area contributed by atoms with Crippen LogP contribution < -0.4 is 10.9 Å². The van der Waals surface area contributed by atoms with Crippen LogP contribution in [-0.2, 0) is 6.54 Å². The Balaban J connectivity index is 2.07. The quantitative estimate of drug-likeness (QED) is 0.875. The monoisotopic (exact) mass is 309 g/mol. The van der Waals surface area contributed by atoms with Crippen LogP contribution in [0.3, 0.4) is 0 Å². The molecule has 1 heterocycles. The topological polar surface area (TPSA) is 46.9 Å². The lowest BCUT2D eigenvalue weighted by Gasteiger charge is -2.35. The number of rotatable bonds is 6. The van der Waals surface area contributed by atoms with Gasteiger partial charge in [-0.1, -0.05) is 33.1 Å². The molecule has 0 radical (unpaired) electrons. The SMILES string of the molecule is CSC1(CNc2nccn(CC(C)C)c2=O)CCCCC1. The minimum atomic E-state index is -0.00161. The maximum absolute atomic E-state index is 12.4. The van der Waals surface area contributed by atoms with E-state index < -0.39 is 0 Å². The first-order chi connectivity index (χ1) is 10.1. The Bertz CT molecular complexity index is 506. The van der Waals surface area contributed by atoms with E-state index in [2.05, 4.69) is 30.4 Å². The Labute approximate surface area is 131 Å². The van der Waals surface area contributed by atoms with Crippen LogP contribution in [-0.4, -0.2) is 27.1 Å². The summed E-state index contributed by atoms with van der Waals surface area (Å²) < 4.78 is 2.03. The molecule has 0 bridgehead atoms. The molecule has 1 N–H and O–H groups in total. The lowest BCUT2D eigenvalue weighted by Crippen LogP contribution is -2.37. The third-order valence-electron chi connectivity index (χ3n) is 4.25. The van der Waals surface area contributed by atoms with Gasteiger partial charge < -0.3 is 9.88 Å². The molecule has 4 nitrogen and oxygen atoms in total. The number of nitrogens with one attached hydrogen (secondary N) is 1. The molecule has 0 atom stereocenters. The fraction of sp³-hybridized carbons (Fsp3) is 0.750. The summed E-state index contributed by atoms with van der Waals surface area (Å²) in [7, 11) is 0. The maximum atomic E-state index is 12.4. The third kappa shape index (κ3) is 4.25. The van der Waals surface area contributed by atoms with Gasteiger partial charge in [0.05, 0.1) is 0 Å². The minimum Gasteiger partial charge on any atom is -0.364 e. The summed E-state index contributed by atoms with van der Waals surface area (Å²) in [5.74, 6) is 0.950. The average molecular weight is 309 g/mol. The van der Waals surface area contributed by atoms with Gasteiger partial charge in [-0.05, 0) is 25.0 Å². The molecule has 0 amide bonds. The summed E-state index contributed by atoms with van der Waals surface area (Å²) in [4.78, 5) is 16.6. The molecule has 118 valence electrons. The number of aromatic nitrogens is 2. The van der Waals surface area contributed by atoms with Crippen molar-refractivity contribution in [2.24, 2.45) is 5.92 Å². The van der Waals surface area contributed by atoms with Crippen molar-refractivity contribution < 1.29 is 0 Å². The lowest BCUT2D eigenvalue weighted by atomic mass is 9.88. The van der Waals surface area contributed by atoms with Crippen LogP contribution in [0.15, 0.2) is 17.2 Å². The van der Waals surface area contributed by atoms with Crippen molar-refractivity contribution in [3.05, 3.63) is 22.7 Å². The molecule has 1 saturated carbocycles. The van der Waals surface area contributed by atoms with Crippen LogP contribution in [0.25, 0.3) is 0 Å². The number of hydrogen-bond acceptors (Lipinski definition) is 4. The van der Waals surface area contributed by atoms with E-state index in [4.69, 9.17) is 0 Å². The number of hydrogen-bond donors (Lipinski definition) is 1. The van der Waals surface area contributed by atoms with Crippen LogP contribution in [0.1, 0.15) is 46.0 Å². The van der Waals surface area contributed by atoms with E-state index in [0.717, 1.165) is 13.1 Å². The first kappa shape index (κ1) is 16.4. The molecule has 0 aliphatic heterocycles. The van der Waals surface area contributed by atoms with E-state index in [0.29, 0.717) is 11.7 Å². The van der Waals surface area contributed by atoms with Crippen molar-refractivity contribution in [2.75, 3.05) is 18.1 Å². The highest BCUT2D eigenvalue weighted by molar-refractivity contribution is 8.00. The van der Waals surface area contributed by atoms with Crippen molar-refractivity contribution in [2.45, 2.75) is 57.2 Å². The highest BCUT2D eigenvalue weighted by atomic mass is 32.2. The summed E-state index contributed by atoms with van der Waals surface area (Å²) in [6.45, 7) is 5.81. The number of thioether (sulfide) groups is 1. The molecule has 2 rings (SSSR count). The molecule has 0 aromatic carbocycles. The van der Waals surface area contributed by atoms with Gasteiger partial charge in [0.25, 0.3) is 5.56 Å². The molecule has 0 unspecified atom stereocenters. The van der Waals surface area contributed by atoms with E-state index in [1.165, 1.54) is 32.1 Å². The molecule has 1 aromatic rings. The van der Waals surface area contributed by atoms with Crippen molar-refractivity contribution in [3.8, 4) is 0 Å². The molecule has 1 aliphatic rings. The van der Waals surface area contributed by atoms with E-state index >= 15 is 0 Å². The zero-order valence-electron chi connectivity index (χ0n) is 13.4. The Kier molecular flexibility index (Phi) is 5.73. The van der Waals surface area contributed by atoms with E-state index in [1.807, 2.05) is 11.8 Å². The van der Waals surface area contributed by atoms with E-state index in [9.17, 15) is 4.79 Å². The fourth-order valence-corrected chi connectivity index (χ4v) is 3.91. The van der Waals surface area contributed by atoms with Crippen molar-refractivity contribution in [3.63, 3.8) is 0 Å². The second-order valence-electron chi connectivity index (χ2n) is 6.43. The van der Waals surface area contributed by atoms with Gasteiger partial charge in [0, 0.05) is 30.2 Å². The summed E-state index contributed by atoms with van der Waals surface area (Å²) >= 11 is 1.93. The van der Waals surface area contributed by atoms with Gasteiger partial charge >= 0.3 is 0 Å². The molecule has 1 aromatic heterocycles. The van der Waals surface area contributed by atoms with Gasteiger partial charge in [-0.25, -0.2) is 4.98 Å². The van der Waals surface area contributed by atoms with Crippen molar-refractivity contribution in [1.29, 1.82) is 0 Å². The smallest absolute Gasteiger partial charge is 0.293 e. The van der Waals surface area contributed by atoms with E-state index in [1.54, 1.807) is 17.0 Å². The first-order valence-electron chi connectivity index (χ1n) is 7.91.